The molecule has 1 aliphatic rings. The van der Waals surface area contributed by atoms with E-state index in [1.807, 2.05) is 6.92 Å². The highest BCUT2D eigenvalue weighted by Crippen LogP contribution is 2.34. The Labute approximate surface area is 241 Å². The fraction of sp³-hybridized carbons (Fsp3) is 0.333. The van der Waals surface area contributed by atoms with E-state index in [9.17, 15) is 18.3 Å². The number of fused-ring (bicyclic) bond motifs is 1. The molecule has 2 heterocycles. The molecule has 11 heteroatoms. The summed E-state index contributed by atoms with van der Waals surface area (Å²) in [5.41, 5.74) is 1.90. The minimum Gasteiger partial charge on any atom is -0.497 e. The number of hydrogen-bond donors (Lipinski definition) is 2. The van der Waals surface area contributed by atoms with Crippen LogP contribution in [0.3, 0.4) is 0 Å². The number of amides is 2. The Hall–Kier alpha value is -4.11. The van der Waals surface area contributed by atoms with Crippen LogP contribution < -0.4 is 14.8 Å². The second kappa shape index (κ2) is 13.0. The van der Waals surface area contributed by atoms with E-state index in [0.717, 1.165) is 5.56 Å². The highest BCUT2D eigenvalue weighted by atomic mass is 32.2. The van der Waals surface area contributed by atoms with Crippen LogP contribution in [-0.2, 0) is 10.0 Å². The molecular formula is C30H34N4O6S. The number of benzene rings is 2. The van der Waals surface area contributed by atoms with Gasteiger partial charge < -0.3 is 24.8 Å². The number of carbonyl (C=O) groups is 1. The molecule has 0 spiro atoms. The number of sulfonamides is 1. The van der Waals surface area contributed by atoms with Crippen molar-refractivity contribution >= 4 is 21.7 Å². The molecule has 4 rings (SSSR count). The third-order valence-electron chi connectivity index (χ3n) is 6.82. The Bertz CT molecular complexity index is 1540. The zero-order chi connectivity index (χ0) is 29.6. The molecule has 0 bridgehead atoms. The zero-order valence-corrected chi connectivity index (χ0v) is 24.3. The van der Waals surface area contributed by atoms with Gasteiger partial charge in [0.1, 0.15) is 22.5 Å². The first kappa shape index (κ1) is 29.9. The fourth-order valence-electron chi connectivity index (χ4n) is 4.37. The van der Waals surface area contributed by atoms with Gasteiger partial charge in [0, 0.05) is 60.8 Å². The molecular weight excluding hydrogens is 544 g/mol. The van der Waals surface area contributed by atoms with Gasteiger partial charge in [-0.3, -0.25) is 4.98 Å². The van der Waals surface area contributed by atoms with Gasteiger partial charge in [-0.2, -0.15) is 4.31 Å². The summed E-state index contributed by atoms with van der Waals surface area (Å²) in [6.07, 6.45) is 2.72. The summed E-state index contributed by atoms with van der Waals surface area (Å²) in [6.45, 7) is 3.45. The second-order valence-electron chi connectivity index (χ2n) is 9.93. The van der Waals surface area contributed by atoms with Gasteiger partial charge >= 0.3 is 6.03 Å². The largest absolute Gasteiger partial charge is 0.497 e. The number of aromatic nitrogens is 1. The van der Waals surface area contributed by atoms with Gasteiger partial charge in [0.05, 0.1) is 20.3 Å². The van der Waals surface area contributed by atoms with Crippen LogP contribution in [0, 0.1) is 17.8 Å². The Morgan fingerprint density at radius 2 is 1.93 bits per heavy atom. The van der Waals surface area contributed by atoms with E-state index in [0.29, 0.717) is 17.0 Å². The fourth-order valence-corrected chi connectivity index (χ4v) is 6.20. The lowest BCUT2D eigenvalue weighted by Crippen LogP contribution is -2.50. The molecule has 216 valence electrons. The van der Waals surface area contributed by atoms with E-state index in [1.165, 1.54) is 15.3 Å². The molecule has 0 aliphatic carbocycles. The van der Waals surface area contributed by atoms with Crippen molar-refractivity contribution in [1.29, 1.82) is 0 Å². The molecule has 0 saturated carbocycles. The monoisotopic (exact) mass is 578 g/mol. The van der Waals surface area contributed by atoms with Crippen LogP contribution in [0.15, 0.2) is 71.9 Å². The Kier molecular flexibility index (Phi) is 9.50. The predicted octanol–water partition coefficient (Wildman–Crippen LogP) is 3.42. The number of ether oxygens (including phenoxy) is 2. The van der Waals surface area contributed by atoms with E-state index >= 15 is 0 Å². The molecule has 1 aliphatic heterocycles. The maximum atomic E-state index is 13.7. The van der Waals surface area contributed by atoms with Crippen molar-refractivity contribution in [2.24, 2.45) is 5.92 Å². The van der Waals surface area contributed by atoms with Crippen LogP contribution in [0.1, 0.15) is 25.0 Å². The number of methoxy groups -OCH3 is 1. The summed E-state index contributed by atoms with van der Waals surface area (Å²) >= 11 is 0. The standard InChI is InChI=1S/C30H34N4O6S/c1-21-18-34(22(2)20-35)41(37,38)29-11-10-24(9-8-23-12-14-31-15-13-23)16-27(29)40-28(21)19-33(3)30(36)32-25-6-5-7-26(17-25)39-4/h5-7,10-17,21-22,28,35H,18-20H2,1-4H3,(H,32,36)/t21-,22-,28-/m1/s1. The number of rotatable bonds is 6. The maximum Gasteiger partial charge on any atom is 0.321 e. The van der Waals surface area contributed by atoms with E-state index < -0.39 is 22.2 Å². The number of pyridine rings is 1. The Morgan fingerprint density at radius 3 is 2.63 bits per heavy atom. The van der Waals surface area contributed by atoms with Gasteiger partial charge in [-0.1, -0.05) is 24.8 Å². The first-order valence-corrected chi connectivity index (χ1v) is 14.6. The number of hydrogen-bond acceptors (Lipinski definition) is 7. The van der Waals surface area contributed by atoms with Gasteiger partial charge in [-0.05, 0) is 49.4 Å². The van der Waals surface area contributed by atoms with Gasteiger partial charge in [-0.25, -0.2) is 13.2 Å². The molecule has 41 heavy (non-hydrogen) atoms. The maximum absolute atomic E-state index is 13.7. The smallest absolute Gasteiger partial charge is 0.321 e. The molecule has 2 N–H and O–H groups in total. The van der Waals surface area contributed by atoms with Crippen molar-refractivity contribution in [3.05, 3.63) is 78.1 Å². The van der Waals surface area contributed by atoms with Crippen molar-refractivity contribution in [3.8, 4) is 23.3 Å². The molecule has 0 fully saturated rings. The van der Waals surface area contributed by atoms with Crippen LogP contribution in [-0.4, -0.2) is 79.7 Å². The van der Waals surface area contributed by atoms with Crippen molar-refractivity contribution in [2.45, 2.75) is 30.9 Å². The number of anilines is 1. The first-order chi connectivity index (χ1) is 19.6. The van der Waals surface area contributed by atoms with Crippen molar-refractivity contribution in [2.75, 3.05) is 39.2 Å². The van der Waals surface area contributed by atoms with Crippen molar-refractivity contribution in [1.82, 2.24) is 14.2 Å². The van der Waals surface area contributed by atoms with Crippen LogP contribution in [0.4, 0.5) is 10.5 Å². The lowest BCUT2D eigenvalue weighted by Gasteiger charge is -2.37. The normalized spacial score (nSPS) is 18.8. The van der Waals surface area contributed by atoms with Crippen LogP contribution in [0.2, 0.25) is 0 Å². The molecule has 3 aromatic rings. The lowest BCUT2D eigenvalue weighted by molar-refractivity contribution is 0.0830. The van der Waals surface area contributed by atoms with Crippen LogP contribution in [0.25, 0.3) is 0 Å². The summed E-state index contributed by atoms with van der Waals surface area (Å²) < 4.78 is 40.3. The van der Waals surface area contributed by atoms with Crippen molar-refractivity contribution in [3.63, 3.8) is 0 Å². The first-order valence-electron chi connectivity index (χ1n) is 13.1. The van der Waals surface area contributed by atoms with Gasteiger partial charge in [0.25, 0.3) is 0 Å². The number of nitrogens with one attached hydrogen (secondary N) is 1. The molecule has 0 radical (unpaired) electrons. The summed E-state index contributed by atoms with van der Waals surface area (Å²) in [7, 11) is -0.802. The topological polar surface area (TPSA) is 121 Å². The zero-order valence-electron chi connectivity index (χ0n) is 23.4. The molecule has 1 aromatic heterocycles. The Morgan fingerprint density at radius 1 is 1.20 bits per heavy atom. The summed E-state index contributed by atoms with van der Waals surface area (Å²) in [5, 5.41) is 12.7. The summed E-state index contributed by atoms with van der Waals surface area (Å²) in [6, 6.07) is 14.3. The van der Waals surface area contributed by atoms with Crippen molar-refractivity contribution < 1.29 is 27.8 Å². The van der Waals surface area contributed by atoms with Gasteiger partial charge in [0.2, 0.25) is 10.0 Å². The highest BCUT2D eigenvalue weighted by Gasteiger charge is 2.38. The second-order valence-corrected chi connectivity index (χ2v) is 11.8. The summed E-state index contributed by atoms with van der Waals surface area (Å²) in [4.78, 5) is 18.5. The molecule has 2 aromatic carbocycles. The third kappa shape index (κ3) is 7.16. The predicted molar refractivity (Wildman–Crippen MR) is 155 cm³/mol. The number of likely N-dealkylation sites (N-methyl/N-ethyl adjacent to an activating group) is 1. The minimum absolute atomic E-state index is 0.0207. The van der Waals surface area contributed by atoms with E-state index in [-0.39, 0.29) is 42.3 Å². The molecule has 2 amide bonds. The number of aliphatic hydroxyl groups is 1. The molecule has 3 atom stereocenters. The number of carbonyl (C=O) groups excluding carboxylic acids is 1. The van der Waals surface area contributed by atoms with E-state index in [4.69, 9.17) is 9.47 Å². The number of aliphatic hydroxyl groups excluding tert-OH is 1. The molecule has 0 unspecified atom stereocenters. The number of urea groups is 1. The quantitative estimate of drug-likeness (QED) is 0.430. The highest BCUT2D eigenvalue weighted by molar-refractivity contribution is 7.89. The van der Waals surface area contributed by atoms with E-state index in [1.54, 1.807) is 82.0 Å². The molecule has 0 saturated heterocycles. The summed E-state index contributed by atoms with van der Waals surface area (Å²) in [5.74, 6) is 6.52. The third-order valence-corrected chi connectivity index (χ3v) is 8.84. The lowest BCUT2D eigenvalue weighted by atomic mass is 10.0. The average Bonchev–Trinajstić information content (AvgIpc) is 2.97. The Balaban J connectivity index is 1.65. The average molecular weight is 579 g/mol. The van der Waals surface area contributed by atoms with Gasteiger partial charge in [0.15, 0.2) is 0 Å². The van der Waals surface area contributed by atoms with Crippen LogP contribution >= 0.6 is 0 Å². The van der Waals surface area contributed by atoms with E-state index in [2.05, 4.69) is 22.1 Å². The van der Waals surface area contributed by atoms with Crippen LogP contribution in [0.5, 0.6) is 11.5 Å². The number of nitrogens with zero attached hydrogens (tertiary/aromatic N) is 3. The minimum atomic E-state index is -4.00. The SMILES string of the molecule is COc1cccc(NC(=O)N(C)C[C@H]2Oc3cc(C#Cc4ccncc4)ccc3S(=O)(=O)N([C@H](C)CO)C[C@H]2C)c1. The molecule has 10 nitrogen and oxygen atoms in total. The van der Waals surface area contributed by atoms with Gasteiger partial charge in [-0.15, -0.1) is 0 Å².